The van der Waals surface area contributed by atoms with E-state index in [1.165, 1.54) is 36.8 Å². The molecule has 4 heteroatoms. The van der Waals surface area contributed by atoms with Gasteiger partial charge < -0.3 is 10.1 Å². The second-order valence-electron chi connectivity index (χ2n) is 11.8. The van der Waals surface area contributed by atoms with Gasteiger partial charge in [-0.25, -0.2) is 0 Å². The van der Waals surface area contributed by atoms with Crippen molar-refractivity contribution in [2.75, 3.05) is 6.54 Å². The van der Waals surface area contributed by atoms with E-state index in [0.29, 0.717) is 0 Å². The number of esters is 1. The maximum atomic E-state index is 12.6. The number of carbonyl (C=O) groups is 1. The summed E-state index contributed by atoms with van der Waals surface area (Å²) in [6, 6.07) is 4.23. The highest BCUT2D eigenvalue weighted by Gasteiger charge is 2.57. The Morgan fingerprint density at radius 2 is 1.97 bits per heavy atom. The number of nitrogens with one attached hydrogen (secondary N) is 1. The Hall–Kier alpha value is -1.94. The molecule has 0 spiro atoms. The molecule has 0 amide bonds. The number of rotatable bonds is 3. The van der Waals surface area contributed by atoms with Crippen LogP contribution in [0.4, 0.5) is 0 Å². The quantitative estimate of drug-likeness (QED) is 0.478. The number of nitrogens with zero attached hydrogens (tertiary/aromatic N) is 1. The number of aromatic nitrogens is 1. The predicted molar refractivity (Wildman–Crippen MR) is 130 cm³/mol. The molecule has 2 saturated carbocycles. The van der Waals surface area contributed by atoms with E-state index in [4.69, 9.17) is 4.74 Å². The van der Waals surface area contributed by atoms with E-state index in [1.54, 1.807) is 5.57 Å². The van der Waals surface area contributed by atoms with Crippen molar-refractivity contribution in [3.8, 4) is 0 Å². The van der Waals surface area contributed by atoms with Crippen molar-refractivity contribution in [3.05, 3.63) is 47.8 Å². The lowest BCUT2D eigenvalue weighted by Gasteiger charge is -2.57. The fourth-order valence-corrected chi connectivity index (χ4v) is 8.40. The number of hydrogen-bond donors (Lipinski definition) is 1. The van der Waals surface area contributed by atoms with Gasteiger partial charge in [0.05, 0.1) is 0 Å². The zero-order valence-corrected chi connectivity index (χ0v) is 20.2. The summed E-state index contributed by atoms with van der Waals surface area (Å²) in [5.41, 5.74) is 4.98. The van der Waals surface area contributed by atoms with Crippen LogP contribution in [0.2, 0.25) is 0 Å². The van der Waals surface area contributed by atoms with Crippen molar-refractivity contribution >= 4 is 11.5 Å². The Bertz CT molecular complexity index is 979. The summed E-state index contributed by atoms with van der Waals surface area (Å²) in [6.45, 7) is 5.99. The molecular weight excluding hydrogens is 408 g/mol. The maximum absolute atomic E-state index is 12.6. The largest absolute Gasteiger partial charge is 0.461 e. The van der Waals surface area contributed by atoms with Crippen LogP contribution in [0, 0.1) is 28.6 Å². The summed E-state index contributed by atoms with van der Waals surface area (Å²) in [5.74, 6) is 2.21. The van der Waals surface area contributed by atoms with Crippen LogP contribution in [0.5, 0.6) is 0 Å². The Balaban J connectivity index is 1.19. The third-order valence-electron chi connectivity index (χ3n) is 10.2. The number of allylic oxidation sites excluding steroid dienone is 3. The number of ether oxygens (including phenoxy) is 1. The van der Waals surface area contributed by atoms with E-state index < -0.39 is 0 Å². The molecule has 1 saturated heterocycles. The van der Waals surface area contributed by atoms with Crippen molar-refractivity contribution in [2.24, 2.45) is 28.6 Å². The van der Waals surface area contributed by atoms with Gasteiger partial charge in [-0.05, 0) is 104 Å². The van der Waals surface area contributed by atoms with Gasteiger partial charge in [-0.1, -0.05) is 37.6 Å². The molecule has 7 atom stereocenters. The zero-order valence-electron chi connectivity index (χ0n) is 20.2. The van der Waals surface area contributed by atoms with Gasteiger partial charge in [0.2, 0.25) is 0 Å². The fourth-order valence-electron chi connectivity index (χ4n) is 8.40. The molecule has 2 unspecified atom stereocenters. The topological polar surface area (TPSA) is 51.2 Å². The minimum atomic E-state index is -0.0806. The van der Waals surface area contributed by atoms with E-state index in [0.717, 1.165) is 56.4 Å². The second kappa shape index (κ2) is 8.08. The van der Waals surface area contributed by atoms with E-state index >= 15 is 0 Å². The van der Waals surface area contributed by atoms with E-state index in [2.05, 4.69) is 54.6 Å². The van der Waals surface area contributed by atoms with E-state index in [1.807, 2.05) is 6.20 Å². The first kappa shape index (κ1) is 21.6. The maximum Gasteiger partial charge on any atom is 0.323 e. The number of pyridine rings is 1. The molecule has 3 fully saturated rings. The van der Waals surface area contributed by atoms with Gasteiger partial charge in [0, 0.05) is 18.8 Å². The first-order valence-electron chi connectivity index (χ1n) is 13.2. The molecule has 4 nitrogen and oxygen atoms in total. The Morgan fingerprint density at radius 1 is 1.09 bits per heavy atom. The number of hydrogen-bond acceptors (Lipinski definition) is 4. The third kappa shape index (κ3) is 3.43. The van der Waals surface area contributed by atoms with Crippen LogP contribution in [-0.4, -0.2) is 29.6 Å². The minimum absolute atomic E-state index is 0.0243. The molecule has 176 valence electrons. The normalized spacial score (nSPS) is 41.9. The van der Waals surface area contributed by atoms with Gasteiger partial charge in [-0.15, -0.1) is 0 Å². The molecule has 0 bridgehead atoms. The molecule has 6 rings (SSSR count). The molecule has 1 aliphatic heterocycles. The second-order valence-corrected chi connectivity index (χ2v) is 11.8. The lowest BCUT2D eigenvalue weighted by atomic mass is 9.47. The van der Waals surface area contributed by atoms with Crippen molar-refractivity contribution in [3.63, 3.8) is 0 Å². The summed E-state index contributed by atoms with van der Waals surface area (Å²) >= 11 is 0. The van der Waals surface area contributed by atoms with Crippen LogP contribution in [-0.2, 0) is 9.53 Å². The molecule has 1 aromatic rings. The van der Waals surface area contributed by atoms with Gasteiger partial charge in [0.25, 0.3) is 0 Å². The first-order valence-corrected chi connectivity index (χ1v) is 13.2. The molecule has 1 aromatic heterocycles. The number of carbonyl (C=O) groups excluding carboxylic acids is 1. The third-order valence-corrected chi connectivity index (χ3v) is 10.2. The van der Waals surface area contributed by atoms with Gasteiger partial charge >= 0.3 is 5.97 Å². The Morgan fingerprint density at radius 3 is 2.76 bits per heavy atom. The van der Waals surface area contributed by atoms with Crippen LogP contribution in [0.15, 0.2) is 42.3 Å². The van der Waals surface area contributed by atoms with Gasteiger partial charge in [0.15, 0.2) is 0 Å². The van der Waals surface area contributed by atoms with Crippen molar-refractivity contribution in [2.45, 2.75) is 83.8 Å². The van der Waals surface area contributed by atoms with Crippen LogP contribution >= 0.6 is 0 Å². The predicted octanol–water partition coefficient (Wildman–Crippen LogP) is 5.70. The molecule has 5 aliphatic rings. The molecule has 4 aliphatic carbocycles. The average molecular weight is 447 g/mol. The van der Waals surface area contributed by atoms with Crippen molar-refractivity contribution in [1.29, 1.82) is 0 Å². The smallest absolute Gasteiger partial charge is 0.323 e. The average Bonchev–Trinajstić information content (AvgIpc) is 3.48. The summed E-state index contributed by atoms with van der Waals surface area (Å²) in [4.78, 5) is 17.0. The van der Waals surface area contributed by atoms with Crippen LogP contribution < -0.4 is 5.32 Å². The first-order chi connectivity index (χ1) is 16.0. The summed E-state index contributed by atoms with van der Waals surface area (Å²) in [5, 5.41) is 3.29. The zero-order chi connectivity index (χ0) is 22.6. The van der Waals surface area contributed by atoms with Crippen LogP contribution in [0.1, 0.15) is 77.2 Å². The van der Waals surface area contributed by atoms with E-state index in [-0.39, 0.29) is 28.9 Å². The SMILES string of the molecule is C[C@]12CC[C@H](OC(=O)[C@@H]3CCCN3)CC1=CC[C@@H]1C2CC[C@]2(C)C(c3cccnc3)=CCC12. The molecule has 2 heterocycles. The standard InChI is InChI=1S/C29H38N2O2/c1-28-13-11-21(33-27(32)26-6-4-16-31-26)17-20(28)7-8-22-24-10-9-23(19-5-3-15-30-18-19)29(24,2)14-12-25(22)28/h3,5,7,9,15,18,21-22,24-26,31H,4,6,8,10-14,16-17H2,1-2H3/t21-,22-,24?,25?,26-,28-,29+/m0/s1. The molecule has 33 heavy (non-hydrogen) atoms. The van der Waals surface area contributed by atoms with Crippen LogP contribution in [0.25, 0.3) is 5.57 Å². The van der Waals surface area contributed by atoms with Crippen molar-refractivity contribution in [1.82, 2.24) is 10.3 Å². The highest BCUT2D eigenvalue weighted by molar-refractivity contribution is 5.76. The Kier molecular flexibility index (Phi) is 5.28. The summed E-state index contributed by atoms with van der Waals surface area (Å²) < 4.78 is 6.00. The van der Waals surface area contributed by atoms with E-state index in [9.17, 15) is 4.79 Å². The van der Waals surface area contributed by atoms with Crippen molar-refractivity contribution < 1.29 is 9.53 Å². The molecule has 0 radical (unpaired) electrons. The Labute approximate surface area is 198 Å². The highest BCUT2D eigenvalue weighted by atomic mass is 16.5. The fraction of sp³-hybridized carbons (Fsp3) is 0.655. The van der Waals surface area contributed by atoms with Crippen LogP contribution in [0.3, 0.4) is 0 Å². The summed E-state index contributed by atoms with van der Waals surface area (Å²) in [7, 11) is 0. The van der Waals surface area contributed by atoms with Gasteiger partial charge in [-0.2, -0.15) is 0 Å². The summed E-state index contributed by atoms with van der Waals surface area (Å²) in [6.07, 6.45) is 19.2. The highest BCUT2D eigenvalue weighted by Crippen LogP contribution is 2.66. The monoisotopic (exact) mass is 446 g/mol. The molecular formula is C29H38N2O2. The number of fused-ring (bicyclic) bond motifs is 5. The van der Waals surface area contributed by atoms with Gasteiger partial charge in [-0.3, -0.25) is 9.78 Å². The van der Waals surface area contributed by atoms with Gasteiger partial charge in [0.1, 0.15) is 12.1 Å². The lowest BCUT2D eigenvalue weighted by molar-refractivity contribution is -0.153. The molecule has 1 N–H and O–H groups in total. The lowest BCUT2D eigenvalue weighted by Crippen LogP contribution is -2.50. The minimum Gasteiger partial charge on any atom is -0.461 e. The molecule has 0 aromatic carbocycles.